The lowest BCUT2D eigenvalue weighted by atomic mass is 10.1. The number of carbonyl (C=O) groups is 4. The van der Waals surface area contributed by atoms with Gasteiger partial charge in [-0.2, -0.15) is 0 Å². The molecule has 0 aliphatic carbocycles. The van der Waals surface area contributed by atoms with E-state index in [9.17, 15) is 19.2 Å². The molecule has 1 aromatic rings. The fraction of sp³-hybridized carbons (Fsp3) is 0.125. The number of rotatable bonds is 4. The van der Waals surface area contributed by atoms with Crippen LogP contribution in [-0.4, -0.2) is 33.4 Å². The van der Waals surface area contributed by atoms with Crippen molar-refractivity contribution in [2.75, 3.05) is 0 Å². The molecule has 6 heteroatoms. The first-order chi connectivity index (χ1) is 10.5. The minimum Gasteiger partial charge on any atom is -0.271 e. The van der Waals surface area contributed by atoms with Gasteiger partial charge in [-0.1, -0.05) is 24.3 Å². The summed E-state index contributed by atoms with van der Waals surface area (Å²) in [5, 5.41) is 0. The topological polar surface area (TPSA) is 74.8 Å². The summed E-state index contributed by atoms with van der Waals surface area (Å²) in [5.74, 6) is -1.30. The van der Waals surface area contributed by atoms with Crippen LogP contribution in [0, 0.1) is 0 Å². The van der Waals surface area contributed by atoms with E-state index in [1.54, 1.807) is 24.3 Å². The van der Waals surface area contributed by atoms with Gasteiger partial charge in [0, 0.05) is 24.3 Å². The van der Waals surface area contributed by atoms with E-state index in [4.69, 9.17) is 0 Å². The Kier molecular flexibility index (Phi) is 3.42. The molecule has 0 N–H and O–H groups in total. The maximum absolute atomic E-state index is 11.5. The Hall–Kier alpha value is -3.02. The molecule has 2 aliphatic rings. The summed E-state index contributed by atoms with van der Waals surface area (Å²) >= 11 is 0. The second-order valence-corrected chi connectivity index (χ2v) is 5.01. The van der Waals surface area contributed by atoms with Crippen molar-refractivity contribution in [3.8, 4) is 0 Å². The third-order valence-corrected chi connectivity index (χ3v) is 3.51. The maximum atomic E-state index is 11.5. The van der Waals surface area contributed by atoms with Crippen LogP contribution in [0.2, 0.25) is 0 Å². The van der Waals surface area contributed by atoms with Crippen molar-refractivity contribution in [1.29, 1.82) is 0 Å². The van der Waals surface area contributed by atoms with Crippen molar-refractivity contribution < 1.29 is 19.2 Å². The number of carbonyl (C=O) groups excluding carboxylic acids is 4. The fourth-order valence-electron chi connectivity index (χ4n) is 2.29. The molecular weight excluding hydrogens is 284 g/mol. The first-order valence-corrected chi connectivity index (χ1v) is 6.69. The van der Waals surface area contributed by atoms with Crippen LogP contribution >= 0.6 is 0 Å². The molecule has 2 heterocycles. The minimum absolute atomic E-state index is 0.202. The summed E-state index contributed by atoms with van der Waals surface area (Å²) in [6.07, 6.45) is 4.98. The molecule has 22 heavy (non-hydrogen) atoms. The van der Waals surface area contributed by atoms with Gasteiger partial charge in [-0.3, -0.25) is 29.0 Å². The van der Waals surface area contributed by atoms with Crippen LogP contribution in [0.3, 0.4) is 0 Å². The molecule has 0 radical (unpaired) electrons. The highest BCUT2D eigenvalue weighted by Gasteiger charge is 2.24. The Balaban J connectivity index is 1.66. The largest absolute Gasteiger partial charge is 0.271 e. The zero-order valence-corrected chi connectivity index (χ0v) is 11.6. The summed E-state index contributed by atoms with van der Waals surface area (Å²) in [4.78, 5) is 48.2. The van der Waals surface area contributed by atoms with Gasteiger partial charge in [-0.15, -0.1) is 0 Å². The molecule has 0 saturated heterocycles. The van der Waals surface area contributed by atoms with Gasteiger partial charge < -0.3 is 0 Å². The van der Waals surface area contributed by atoms with Gasteiger partial charge in [0.2, 0.25) is 0 Å². The van der Waals surface area contributed by atoms with Crippen LogP contribution in [0.5, 0.6) is 0 Å². The Morgan fingerprint density at radius 2 is 0.818 bits per heavy atom. The predicted octanol–water partition coefficient (Wildman–Crippen LogP) is 0.537. The summed E-state index contributed by atoms with van der Waals surface area (Å²) < 4.78 is 0. The Bertz CT molecular complexity index is 632. The lowest BCUT2D eigenvalue weighted by molar-refractivity contribution is -0.139. The summed E-state index contributed by atoms with van der Waals surface area (Å²) in [6.45, 7) is 0.405. The van der Waals surface area contributed by atoms with E-state index in [-0.39, 0.29) is 36.7 Å². The number of amides is 4. The number of imide groups is 2. The van der Waals surface area contributed by atoms with Crippen LogP contribution in [0.1, 0.15) is 11.1 Å². The molecule has 0 bridgehead atoms. The molecule has 0 fully saturated rings. The lowest BCUT2D eigenvalue weighted by Crippen LogP contribution is -2.29. The first kappa shape index (κ1) is 13.9. The molecule has 0 atom stereocenters. The highest BCUT2D eigenvalue weighted by atomic mass is 16.2. The zero-order valence-electron chi connectivity index (χ0n) is 11.6. The van der Waals surface area contributed by atoms with Crippen LogP contribution in [0.15, 0.2) is 48.6 Å². The molecule has 6 nitrogen and oxygen atoms in total. The van der Waals surface area contributed by atoms with E-state index in [0.29, 0.717) is 0 Å². The standard InChI is InChI=1S/C16H12N2O4/c19-13-5-6-14(20)17(13)9-11-1-2-12(4-3-11)10-18-15(21)7-8-16(18)22/h1-8H,9-10H2. The number of benzene rings is 1. The van der Waals surface area contributed by atoms with Crippen LogP contribution in [-0.2, 0) is 32.3 Å². The van der Waals surface area contributed by atoms with E-state index in [1.807, 2.05) is 0 Å². The molecule has 3 rings (SSSR count). The molecule has 0 spiro atoms. The SMILES string of the molecule is O=C1C=CC(=O)N1Cc1ccc(CN2C(=O)C=CC2=O)cc1. The molecule has 4 amide bonds. The van der Waals surface area contributed by atoms with Gasteiger partial charge in [0.05, 0.1) is 13.1 Å². The molecule has 2 aliphatic heterocycles. The van der Waals surface area contributed by atoms with E-state index >= 15 is 0 Å². The average Bonchev–Trinajstić information content (AvgIpc) is 2.99. The fourth-order valence-corrected chi connectivity index (χ4v) is 2.29. The quantitative estimate of drug-likeness (QED) is 0.760. The van der Waals surface area contributed by atoms with Gasteiger partial charge in [-0.05, 0) is 11.1 Å². The lowest BCUT2D eigenvalue weighted by Gasteiger charge is -2.16. The van der Waals surface area contributed by atoms with Crippen molar-refractivity contribution in [2.45, 2.75) is 13.1 Å². The second kappa shape index (κ2) is 5.40. The highest BCUT2D eigenvalue weighted by Crippen LogP contribution is 2.14. The molecule has 0 aromatic heterocycles. The van der Waals surface area contributed by atoms with Gasteiger partial charge in [0.25, 0.3) is 23.6 Å². The maximum Gasteiger partial charge on any atom is 0.253 e. The normalized spacial score (nSPS) is 17.3. The van der Waals surface area contributed by atoms with Crippen molar-refractivity contribution in [3.05, 3.63) is 59.7 Å². The third kappa shape index (κ3) is 2.58. The van der Waals surface area contributed by atoms with Crippen LogP contribution in [0.4, 0.5) is 0 Å². The Morgan fingerprint density at radius 1 is 0.545 bits per heavy atom. The Labute approximate surface area is 126 Å². The van der Waals surface area contributed by atoms with Crippen molar-refractivity contribution in [2.24, 2.45) is 0 Å². The molecule has 110 valence electrons. The Morgan fingerprint density at radius 3 is 1.09 bits per heavy atom. The van der Waals surface area contributed by atoms with E-state index in [2.05, 4.69) is 0 Å². The second-order valence-electron chi connectivity index (χ2n) is 5.01. The van der Waals surface area contributed by atoms with Gasteiger partial charge in [0.1, 0.15) is 0 Å². The van der Waals surface area contributed by atoms with Gasteiger partial charge in [-0.25, -0.2) is 0 Å². The highest BCUT2D eigenvalue weighted by molar-refractivity contribution is 6.13. The summed E-state index contributed by atoms with van der Waals surface area (Å²) in [7, 11) is 0. The van der Waals surface area contributed by atoms with E-state index < -0.39 is 0 Å². The first-order valence-electron chi connectivity index (χ1n) is 6.69. The monoisotopic (exact) mass is 296 g/mol. The van der Waals surface area contributed by atoms with Crippen molar-refractivity contribution in [3.63, 3.8) is 0 Å². The number of hydrogen-bond donors (Lipinski definition) is 0. The third-order valence-electron chi connectivity index (χ3n) is 3.51. The smallest absolute Gasteiger partial charge is 0.253 e. The molecule has 0 unspecified atom stereocenters. The van der Waals surface area contributed by atoms with Crippen molar-refractivity contribution >= 4 is 23.6 Å². The zero-order chi connectivity index (χ0) is 15.7. The molecule has 0 saturated carbocycles. The van der Waals surface area contributed by atoms with Crippen LogP contribution in [0.25, 0.3) is 0 Å². The van der Waals surface area contributed by atoms with Gasteiger partial charge >= 0.3 is 0 Å². The van der Waals surface area contributed by atoms with E-state index in [1.165, 1.54) is 24.3 Å². The summed E-state index contributed by atoms with van der Waals surface area (Å²) in [6, 6.07) is 7.08. The van der Waals surface area contributed by atoms with E-state index in [0.717, 1.165) is 20.9 Å². The molecular formula is C16H12N2O4. The number of hydrogen-bond acceptors (Lipinski definition) is 4. The average molecular weight is 296 g/mol. The predicted molar refractivity (Wildman–Crippen MR) is 75.8 cm³/mol. The molecule has 1 aromatic carbocycles. The minimum atomic E-state index is -0.326. The van der Waals surface area contributed by atoms with Crippen molar-refractivity contribution in [1.82, 2.24) is 9.80 Å². The van der Waals surface area contributed by atoms with Crippen LogP contribution < -0.4 is 0 Å². The summed E-state index contributed by atoms with van der Waals surface area (Å²) in [5.41, 5.74) is 1.60. The number of nitrogens with zero attached hydrogens (tertiary/aromatic N) is 2. The van der Waals surface area contributed by atoms with Gasteiger partial charge in [0.15, 0.2) is 0 Å².